The summed E-state index contributed by atoms with van der Waals surface area (Å²) in [5.41, 5.74) is 5.06. The molecule has 2 unspecified atom stereocenters. The highest BCUT2D eigenvalue weighted by molar-refractivity contribution is 5.97. The highest BCUT2D eigenvalue weighted by atomic mass is 16.5. The van der Waals surface area contributed by atoms with E-state index in [0.29, 0.717) is 93.5 Å². The van der Waals surface area contributed by atoms with Gasteiger partial charge in [-0.3, -0.25) is 14.5 Å². The lowest BCUT2D eigenvalue weighted by molar-refractivity contribution is -0.148. The molecule has 0 radical (unpaired) electrons. The van der Waals surface area contributed by atoms with E-state index >= 15 is 0 Å². The van der Waals surface area contributed by atoms with Crippen molar-refractivity contribution < 1.29 is 28.5 Å². The molecule has 6 aliphatic heterocycles. The normalized spacial score (nSPS) is 23.3. The van der Waals surface area contributed by atoms with Gasteiger partial charge in [0.15, 0.2) is 11.3 Å². The fourth-order valence-electron chi connectivity index (χ4n) is 11.7. The molecule has 2 spiro atoms. The summed E-state index contributed by atoms with van der Waals surface area (Å²) in [6, 6.07) is 23.4. The van der Waals surface area contributed by atoms with Gasteiger partial charge < -0.3 is 49.2 Å². The first-order valence-electron chi connectivity index (χ1n) is 26.0. The van der Waals surface area contributed by atoms with Crippen LogP contribution in [0.25, 0.3) is 44.6 Å². The van der Waals surface area contributed by atoms with Crippen molar-refractivity contribution in [1.82, 2.24) is 45.4 Å². The van der Waals surface area contributed by atoms with Gasteiger partial charge in [0.25, 0.3) is 11.8 Å². The van der Waals surface area contributed by atoms with Crippen molar-refractivity contribution in [3.63, 3.8) is 0 Å². The second-order valence-electron chi connectivity index (χ2n) is 20.9. The van der Waals surface area contributed by atoms with Crippen LogP contribution in [0.4, 0.5) is 23.5 Å². The topological polar surface area (TPSA) is 189 Å². The minimum atomic E-state index is -0.389. The average molecular weight is 988 g/mol. The molecule has 19 nitrogen and oxygen atoms in total. The van der Waals surface area contributed by atoms with Crippen LogP contribution in [0.5, 0.6) is 0 Å². The Morgan fingerprint density at radius 2 is 1.26 bits per heavy atom. The molecule has 6 saturated heterocycles. The SMILES string of the molecule is CNC(=O)c1cccc(-c2ccc3c(N4CCOC[C@@H]4C)nc(N4CCOC5(CN(CCNC(=O)c6cccc(-c7ccc8c(N9CC%10CCC(C9)O%10)nc(N9CCOC%10(CC%10)C9)nc8n7)c6)C5)C4)nc3n2)c1. The standard InChI is InChI=1S/C54H61N13O6/c1-34-29-70-22-21-67(34)48-42-12-14-44(35-5-3-7-37(25-35)49(68)55-2)58-46(42)60-52(62-48)65-20-24-72-54(33-65)30-63(31-54)18-17-56-50(69)38-8-4-6-36(26-38)43-13-11-41-45(57-43)59-51(64-19-23-71-53(32-64)15-16-53)61-47(41)66-27-39-9-10-40(28-66)73-39/h3-8,11-14,25-26,34,39-40H,9-10,15-24,27-33H2,1-2H3,(H,55,68)(H,56,69)/t34-,39?,40?/m0/s1. The number of morpholine rings is 4. The number of hydrogen-bond acceptors (Lipinski definition) is 17. The third-order valence-electron chi connectivity index (χ3n) is 15.7. The molecule has 73 heavy (non-hydrogen) atoms. The molecule has 10 heterocycles. The van der Waals surface area contributed by atoms with Gasteiger partial charge in [0, 0.05) is 94.7 Å². The van der Waals surface area contributed by atoms with Crippen LogP contribution in [-0.4, -0.2) is 182 Å². The number of likely N-dealkylation sites (tertiary alicyclic amines) is 1. The Morgan fingerprint density at radius 3 is 1.89 bits per heavy atom. The van der Waals surface area contributed by atoms with Crippen LogP contribution in [0.15, 0.2) is 72.8 Å². The van der Waals surface area contributed by atoms with E-state index in [9.17, 15) is 9.59 Å². The number of aromatic nitrogens is 6. The molecule has 19 heteroatoms. The first kappa shape index (κ1) is 46.2. The van der Waals surface area contributed by atoms with Gasteiger partial charge in [-0.2, -0.15) is 19.9 Å². The number of rotatable bonds is 11. The molecule has 2 amide bonds. The molecular weight excluding hydrogens is 927 g/mol. The summed E-state index contributed by atoms with van der Waals surface area (Å²) in [4.78, 5) is 68.5. The Morgan fingerprint density at radius 1 is 0.658 bits per heavy atom. The van der Waals surface area contributed by atoms with Crippen LogP contribution in [-0.2, 0) is 18.9 Å². The van der Waals surface area contributed by atoms with Gasteiger partial charge in [-0.05, 0) is 81.1 Å². The summed E-state index contributed by atoms with van der Waals surface area (Å²) < 4.78 is 24.7. The lowest BCUT2D eigenvalue weighted by atomic mass is 9.92. The zero-order valence-corrected chi connectivity index (χ0v) is 41.5. The van der Waals surface area contributed by atoms with E-state index in [4.69, 9.17) is 48.9 Å². The second-order valence-corrected chi connectivity index (χ2v) is 20.9. The van der Waals surface area contributed by atoms with Crippen LogP contribution in [0.3, 0.4) is 0 Å². The number of nitrogens with zero attached hydrogens (tertiary/aromatic N) is 11. The van der Waals surface area contributed by atoms with Gasteiger partial charge in [0.2, 0.25) is 11.9 Å². The number of carbonyl (C=O) groups excluding carboxylic acids is 2. The minimum Gasteiger partial charge on any atom is -0.377 e. The maximum atomic E-state index is 13.7. The lowest BCUT2D eigenvalue weighted by Crippen LogP contribution is -2.70. The molecule has 378 valence electrons. The van der Waals surface area contributed by atoms with Crippen molar-refractivity contribution in [3.05, 3.63) is 83.9 Å². The summed E-state index contributed by atoms with van der Waals surface area (Å²) in [6.07, 6.45) is 4.71. The minimum absolute atomic E-state index is 0.0740. The molecular formula is C54H61N13O6. The number of fused-ring (bicyclic) bond motifs is 4. The van der Waals surface area contributed by atoms with Gasteiger partial charge in [0.1, 0.15) is 17.2 Å². The summed E-state index contributed by atoms with van der Waals surface area (Å²) >= 11 is 0. The highest BCUT2D eigenvalue weighted by Crippen LogP contribution is 2.43. The van der Waals surface area contributed by atoms with Gasteiger partial charge in [0.05, 0.1) is 79.0 Å². The number of benzene rings is 2. The van der Waals surface area contributed by atoms with Crippen LogP contribution in [0.2, 0.25) is 0 Å². The Labute approximate surface area is 423 Å². The van der Waals surface area contributed by atoms with Crippen molar-refractivity contribution in [2.75, 3.05) is 125 Å². The van der Waals surface area contributed by atoms with Crippen molar-refractivity contribution >= 4 is 57.4 Å². The highest BCUT2D eigenvalue weighted by Gasteiger charge is 2.49. The first-order chi connectivity index (χ1) is 35.7. The van der Waals surface area contributed by atoms with Crippen molar-refractivity contribution in [2.45, 2.75) is 62.1 Å². The first-order valence-corrected chi connectivity index (χ1v) is 26.0. The quantitative estimate of drug-likeness (QED) is 0.186. The fourth-order valence-corrected chi connectivity index (χ4v) is 11.7. The number of anilines is 4. The number of ether oxygens (including phenoxy) is 4. The predicted octanol–water partition coefficient (Wildman–Crippen LogP) is 4.34. The molecule has 2 aromatic carbocycles. The summed E-state index contributed by atoms with van der Waals surface area (Å²) in [6.45, 7) is 12.3. The van der Waals surface area contributed by atoms with Gasteiger partial charge >= 0.3 is 0 Å². The molecule has 13 rings (SSSR count). The van der Waals surface area contributed by atoms with E-state index in [1.165, 1.54) is 0 Å². The molecule has 7 aliphatic rings. The molecule has 7 fully saturated rings. The van der Waals surface area contributed by atoms with E-state index in [-0.39, 0.29) is 41.3 Å². The van der Waals surface area contributed by atoms with Crippen LogP contribution >= 0.6 is 0 Å². The van der Waals surface area contributed by atoms with E-state index in [1.54, 1.807) is 13.1 Å². The molecule has 3 atom stereocenters. The third-order valence-corrected chi connectivity index (χ3v) is 15.7. The van der Waals surface area contributed by atoms with Crippen LogP contribution in [0.1, 0.15) is 53.3 Å². The number of hydrogen-bond donors (Lipinski definition) is 2. The molecule has 1 saturated carbocycles. The molecule has 4 aromatic heterocycles. The number of pyridine rings is 2. The number of nitrogens with one attached hydrogen (secondary N) is 2. The van der Waals surface area contributed by atoms with Crippen LogP contribution < -0.4 is 30.2 Å². The summed E-state index contributed by atoms with van der Waals surface area (Å²) in [5.74, 6) is 2.76. The molecule has 2 N–H and O–H groups in total. The molecule has 2 bridgehead atoms. The van der Waals surface area contributed by atoms with E-state index in [1.807, 2.05) is 60.7 Å². The third kappa shape index (κ3) is 9.04. The van der Waals surface area contributed by atoms with Gasteiger partial charge in [-0.25, -0.2) is 9.97 Å². The average Bonchev–Trinajstić information content (AvgIpc) is 4.08. The van der Waals surface area contributed by atoms with Crippen molar-refractivity contribution in [1.29, 1.82) is 0 Å². The van der Waals surface area contributed by atoms with Gasteiger partial charge in [-0.15, -0.1) is 0 Å². The largest absolute Gasteiger partial charge is 0.377 e. The predicted molar refractivity (Wildman–Crippen MR) is 276 cm³/mol. The maximum Gasteiger partial charge on any atom is 0.251 e. The lowest BCUT2D eigenvalue weighted by Gasteiger charge is -2.54. The Bertz CT molecular complexity index is 3100. The smallest absolute Gasteiger partial charge is 0.251 e. The maximum absolute atomic E-state index is 13.7. The Kier molecular flexibility index (Phi) is 11.8. The van der Waals surface area contributed by atoms with E-state index in [2.05, 4.69) is 48.1 Å². The van der Waals surface area contributed by atoms with E-state index < -0.39 is 0 Å². The van der Waals surface area contributed by atoms with Crippen LogP contribution in [0, 0.1) is 0 Å². The summed E-state index contributed by atoms with van der Waals surface area (Å²) in [5, 5.41) is 7.66. The fraction of sp³-hybridized carbons (Fsp3) is 0.481. The number of amides is 2. The zero-order chi connectivity index (χ0) is 49.3. The monoisotopic (exact) mass is 987 g/mol. The summed E-state index contributed by atoms with van der Waals surface area (Å²) in [7, 11) is 1.63. The van der Waals surface area contributed by atoms with Crippen molar-refractivity contribution in [2.24, 2.45) is 0 Å². The Balaban J connectivity index is 0.679. The second kappa shape index (κ2) is 18.7. The molecule has 6 aromatic rings. The van der Waals surface area contributed by atoms with Crippen molar-refractivity contribution in [3.8, 4) is 22.5 Å². The zero-order valence-electron chi connectivity index (χ0n) is 41.5. The number of carbonyl (C=O) groups is 2. The van der Waals surface area contributed by atoms with Gasteiger partial charge in [-0.1, -0.05) is 24.3 Å². The van der Waals surface area contributed by atoms with E-state index in [0.717, 1.165) is 110 Å². The molecule has 1 aliphatic carbocycles. The Hall–Kier alpha value is -6.64.